The average molecular weight is 189 g/mol. The Morgan fingerprint density at radius 1 is 1.57 bits per heavy atom. The van der Waals surface area contributed by atoms with Gasteiger partial charge in [-0.2, -0.15) is 0 Å². The molecule has 1 aromatic carbocycles. The number of rotatable bonds is 3. The predicted molar refractivity (Wildman–Crippen MR) is 57.6 cm³/mol. The largest absolute Gasteiger partial charge is 0.488 e. The zero-order valence-electron chi connectivity index (χ0n) is 8.36. The van der Waals surface area contributed by atoms with Crippen molar-refractivity contribution in [1.82, 2.24) is 5.32 Å². The molecule has 0 saturated heterocycles. The monoisotopic (exact) mass is 189 g/mol. The number of para-hydroxylation sites is 1. The molecular formula is C12H15NO. The lowest BCUT2D eigenvalue weighted by Crippen LogP contribution is -2.38. The fraction of sp³-hybridized carbons (Fsp3) is 0.333. The molecule has 0 radical (unpaired) electrons. The minimum absolute atomic E-state index is 0.190. The summed E-state index contributed by atoms with van der Waals surface area (Å²) >= 11 is 0. The van der Waals surface area contributed by atoms with Crippen molar-refractivity contribution in [2.45, 2.75) is 18.6 Å². The Morgan fingerprint density at radius 2 is 2.36 bits per heavy atom. The van der Waals surface area contributed by atoms with Crippen LogP contribution in [0.15, 0.2) is 36.9 Å². The molecule has 0 fully saturated rings. The first-order valence-corrected chi connectivity index (χ1v) is 4.89. The molecule has 0 amide bonds. The number of ether oxygens (including phenoxy) is 1. The van der Waals surface area contributed by atoms with Gasteiger partial charge in [-0.05, 0) is 18.7 Å². The van der Waals surface area contributed by atoms with Crippen LogP contribution in [0.2, 0.25) is 0 Å². The molecule has 0 aromatic heterocycles. The van der Waals surface area contributed by atoms with E-state index in [1.807, 2.05) is 31.3 Å². The van der Waals surface area contributed by atoms with Crippen LogP contribution in [0.3, 0.4) is 0 Å². The van der Waals surface area contributed by atoms with Crippen LogP contribution in [0.4, 0.5) is 0 Å². The second kappa shape index (κ2) is 3.84. The third kappa shape index (κ3) is 1.53. The maximum atomic E-state index is 5.82. The Kier molecular flexibility index (Phi) is 2.55. The van der Waals surface area contributed by atoms with Crippen LogP contribution >= 0.6 is 0 Å². The lowest BCUT2D eigenvalue weighted by molar-refractivity contribution is 0.203. The van der Waals surface area contributed by atoms with Crippen molar-refractivity contribution < 1.29 is 4.74 Å². The van der Waals surface area contributed by atoms with E-state index in [1.165, 1.54) is 5.56 Å². The van der Waals surface area contributed by atoms with E-state index in [1.54, 1.807) is 0 Å². The smallest absolute Gasteiger partial charge is 0.123 e. The minimum atomic E-state index is 0.190. The van der Waals surface area contributed by atoms with Crippen molar-refractivity contribution in [3.63, 3.8) is 0 Å². The SMILES string of the molecule is C=CC(NC)C1Cc2ccccc2O1. The normalized spacial score (nSPS) is 21.1. The Labute approximate surface area is 84.6 Å². The predicted octanol–water partition coefficient (Wildman–Crippen LogP) is 1.76. The summed E-state index contributed by atoms with van der Waals surface area (Å²) in [5, 5.41) is 3.19. The standard InChI is InChI=1S/C12H15NO/c1-3-10(13-2)12-8-9-6-4-5-7-11(9)14-12/h3-7,10,12-13H,1,8H2,2H3. The summed E-state index contributed by atoms with van der Waals surface area (Å²) in [7, 11) is 1.93. The van der Waals surface area contributed by atoms with Gasteiger partial charge in [0.15, 0.2) is 0 Å². The quantitative estimate of drug-likeness (QED) is 0.732. The summed E-state index contributed by atoms with van der Waals surface area (Å²) < 4.78 is 5.82. The van der Waals surface area contributed by atoms with Gasteiger partial charge in [0.2, 0.25) is 0 Å². The number of hydrogen-bond acceptors (Lipinski definition) is 2. The van der Waals surface area contributed by atoms with E-state index in [0.717, 1.165) is 12.2 Å². The number of fused-ring (bicyclic) bond motifs is 1. The van der Waals surface area contributed by atoms with Crippen molar-refractivity contribution in [2.75, 3.05) is 7.05 Å². The van der Waals surface area contributed by atoms with E-state index in [2.05, 4.69) is 18.0 Å². The van der Waals surface area contributed by atoms with Crippen molar-refractivity contribution in [3.8, 4) is 5.75 Å². The molecule has 74 valence electrons. The molecule has 0 saturated carbocycles. The van der Waals surface area contributed by atoms with E-state index in [-0.39, 0.29) is 12.1 Å². The number of hydrogen-bond donors (Lipinski definition) is 1. The topological polar surface area (TPSA) is 21.3 Å². The Balaban J connectivity index is 2.14. The van der Waals surface area contributed by atoms with Gasteiger partial charge in [-0.1, -0.05) is 24.3 Å². The maximum absolute atomic E-state index is 5.82. The van der Waals surface area contributed by atoms with E-state index in [4.69, 9.17) is 4.74 Å². The van der Waals surface area contributed by atoms with Crippen LogP contribution in [0, 0.1) is 0 Å². The fourth-order valence-corrected chi connectivity index (χ4v) is 1.86. The molecule has 2 rings (SSSR count). The maximum Gasteiger partial charge on any atom is 0.123 e. The molecule has 1 heterocycles. The van der Waals surface area contributed by atoms with Gasteiger partial charge in [0, 0.05) is 6.42 Å². The highest BCUT2D eigenvalue weighted by Crippen LogP contribution is 2.29. The molecule has 2 heteroatoms. The molecule has 1 aliphatic rings. The Hall–Kier alpha value is -1.28. The molecular weight excluding hydrogens is 174 g/mol. The van der Waals surface area contributed by atoms with Crippen molar-refractivity contribution in [2.24, 2.45) is 0 Å². The molecule has 1 aliphatic heterocycles. The zero-order valence-corrected chi connectivity index (χ0v) is 8.36. The second-order valence-electron chi connectivity index (χ2n) is 3.52. The first-order valence-electron chi connectivity index (χ1n) is 4.89. The van der Waals surface area contributed by atoms with Crippen LogP contribution in [-0.4, -0.2) is 19.2 Å². The first-order chi connectivity index (χ1) is 6.85. The number of nitrogens with one attached hydrogen (secondary N) is 1. The molecule has 1 aromatic rings. The average Bonchev–Trinajstić information content (AvgIpc) is 2.63. The summed E-state index contributed by atoms with van der Waals surface area (Å²) in [5.41, 5.74) is 1.29. The minimum Gasteiger partial charge on any atom is -0.488 e. The molecule has 2 nitrogen and oxygen atoms in total. The fourth-order valence-electron chi connectivity index (χ4n) is 1.86. The van der Waals surface area contributed by atoms with Crippen LogP contribution < -0.4 is 10.1 Å². The van der Waals surface area contributed by atoms with Crippen LogP contribution in [0.5, 0.6) is 5.75 Å². The highest BCUT2D eigenvalue weighted by molar-refractivity contribution is 5.38. The summed E-state index contributed by atoms with van der Waals surface area (Å²) in [6, 6.07) is 8.41. The highest BCUT2D eigenvalue weighted by Gasteiger charge is 2.27. The van der Waals surface area contributed by atoms with E-state index in [9.17, 15) is 0 Å². The Morgan fingerprint density at radius 3 is 3.00 bits per heavy atom. The highest BCUT2D eigenvalue weighted by atomic mass is 16.5. The molecule has 2 unspecified atom stereocenters. The summed E-state index contributed by atoms with van der Waals surface area (Å²) in [6.45, 7) is 3.80. The van der Waals surface area contributed by atoms with Gasteiger partial charge in [0.25, 0.3) is 0 Å². The van der Waals surface area contributed by atoms with Gasteiger partial charge >= 0.3 is 0 Å². The van der Waals surface area contributed by atoms with E-state index < -0.39 is 0 Å². The molecule has 0 aliphatic carbocycles. The van der Waals surface area contributed by atoms with Gasteiger partial charge in [-0.25, -0.2) is 0 Å². The Bertz CT molecular complexity index is 310. The van der Waals surface area contributed by atoms with Crippen molar-refractivity contribution in [3.05, 3.63) is 42.5 Å². The van der Waals surface area contributed by atoms with Crippen LogP contribution in [0.25, 0.3) is 0 Å². The first kappa shape index (κ1) is 9.28. The summed E-state index contributed by atoms with van der Waals surface area (Å²) in [6.07, 6.45) is 3.06. The second-order valence-corrected chi connectivity index (χ2v) is 3.52. The van der Waals surface area contributed by atoms with Gasteiger partial charge < -0.3 is 10.1 Å². The van der Waals surface area contributed by atoms with Crippen molar-refractivity contribution >= 4 is 0 Å². The molecule has 0 bridgehead atoms. The zero-order chi connectivity index (χ0) is 9.97. The number of benzene rings is 1. The summed E-state index contributed by atoms with van der Waals surface area (Å²) in [5.74, 6) is 1.01. The van der Waals surface area contributed by atoms with Crippen LogP contribution in [0.1, 0.15) is 5.56 Å². The lowest BCUT2D eigenvalue weighted by atomic mass is 10.0. The van der Waals surface area contributed by atoms with E-state index in [0.29, 0.717) is 0 Å². The third-order valence-corrected chi connectivity index (χ3v) is 2.66. The third-order valence-electron chi connectivity index (χ3n) is 2.66. The van der Waals surface area contributed by atoms with Crippen molar-refractivity contribution in [1.29, 1.82) is 0 Å². The van der Waals surface area contributed by atoms with Crippen LogP contribution in [-0.2, 0) is 6.42 Å². The van der Waals surface area contributed by atoms with Gasteiger partial charge in [0.1, 0.15) is 11.9 Å². The van der Waals surface area contributed by atoms with Gasteiger partial charge in [-0.3, -0.25) is 0 Å². The van der Waals surface area contributed by atoms with Gasteiger partial charge in [0.05, 0.1) is 6.04 Å². The summed E-state index contributed by atoms with van der Waals surface area (Å²) in [4.78, 5) is 0. The lowest BCUT2D eigenvalue weighted by Gasteiger charge is -2.18. The molecule has 1 N–H and O–H groups in total. The molecule has 0 spiro atoms. The molecule has 14 heavy (non-hydrogen) atoms. The number of likely N-dealkylation sites (N-methyl/N-ethyl adjacent to an activating group) is 1. The molecule has 2 atom stereocenters. The van der Waals surface area contributed by atoms with Gasteiger partial charge in [-0.15, -0.1) is 6.58 Å². The van der Waals surface area contributed by atoms with E-state index >= 15 is 0 Å².